The number of unbranched alkanes of at least 4 members (excludes halogenated alkanes) is 20. The second kappa shape index (κ2) is 31.1. The van der Waals surface area contributed by atoms with Gasteiger partial charge in [-0.2, -0.15) is 0 Å². The molecule has 0 spiro atoms. The van der Waals surface area contributed by atoms with Gasteiger partial charge in [-0.15, -0.1) is 0 Å². The first-order chi connectivity index (χ1) is 18.2. The first-order valence-electron chi connectivity index (χ1n) is 16.1. The molecule has 0 N–H and O–H groups in total. The van der Waals surface area contributed by atoms with Crippen molar-refractivity contribution in [1.82, 2.24) is 0 Å². The van der Waals surface area contributed by atoms with Gasteiger partial charge in [0.2, 0.25) is 0 Å². The maximum absolute atomic E-state index is 11.8. The van der Waals surface area contributed by atoms with Crippen molar-refractivity contribution >= 4 is 11.9 Å². The van der Waals surface area contributed by atoms with E-state index in [0.717, 1.165) is 25.7 Å². The summed E-state index contributed by atoms with van der Waals surface area (Å²) in [6.45, 7) is 5.72. The molecule has 0 aliphatic carbocycles. The second-order valence-electron chi connectivity index (χ2n) is 10.6. The largest absolute Gasteiger partial charge is 0.463 e. The SMILES string of the molecule is CCCCCCCCCCCCCCCCCC(=O)OCCOCCOC(=O)CCCCCCCCC. The van der Waals surface area contributed by atoms with Crippen molar-refractivity contribution in [1.29, 1.82) is 0 Å². The number of rotatable bonds is 30. The second-order valence-corrected chi connectivity index (χ2v) is 10.6. The maximum Gasteiger partial charge on any atom is 0.305 e. The molecule has 0 aromatic carbocycles. The topological polar surface area (TPSA) is 61.8 Å². The van der Waals surface area contributed by atoms with Gasteiger partial charge >= 0.3 is 11.9 Å². The van der Waals surface area contributed by atoms with Gasteiger partial charge in [0.15, 0.2) is 0 Å². The van der Waals surface area contributed by atoms with E-state index >= 15 is 0 Å². The molecule has 0 saturated carbocycles. The number of carbonyl (C=O) groups is 2. The number of hydrogen-bond acceptors (Lipinski definition) is 5. The van der Waals surface area contributed by atoms with E-state index in [2.05, 4.69) is 13.8 Å². The van der Waals surface area contributed by atoms with E-state index in [1.807, 2.05) is 0 Å². The Bertz CT molecular complexity index is 480. The minimum absolute atomic E-state index is 0.139. The van der Waals surface area contributed by atoms with Gasteiger partial charge in [-0.25, -0.2) is 0 Å². The van der Waals surface area contributed by atoms with E-state index in [0.29, 0.717) is 26.1 Å². The van der Waals surface area contributed by atoms with Crippen LogP contribution in [0, 0.1) is 0 Å². The van der Waals surface area contributed by atoms with Crippen LogP contribution in [0.4, 0.5) is 0 Å². The molecular weight excluding hydrogens is 464 g/mol. The van der Waals surface area contributed by atoms with Crippen molar-refractivity contribution < 1.29 is 23.8 Å². The minimum atomic E-state index is -0.146. The summed E-state index contributed by atoms with van der Waals surface area (Å²) >= 11 is 0. The van der Waals surface area contributed by atoms with Gasteiger partial charge < -0.3 is 14.2 Å². The Balaban J connectivity index is 3.24. The lowest BCUT2D eigenvalue weighted by Crippen LogP contribution is -2.14. The Kier molecular flexibility index (Phi) is 30.2. The molecule has 0 aromatic heterocycles. The van der Waals surface area contributed by atoms with Crippen LogP contribution in [-0.4, -0.2) is 38.4 Å². The van der Waals surface area contributed by atoms with Gasteiger partial charge in [-0.05, 0) is 12.8 Å². The molecule has 0 saturated heterocycles. The van der Waals surface area contributed by atoms with E-state index in [-0.39, 0.29) is 25.2 Å². The van der Waals surface area contributed by atoms with Crippen LogP contribution in [0.1, 0.15) is 168 Å². The highest BCUT2D eigenvalue weighted by Crippen LogP contribution is 2.14. The van der Waals surface area contributed by atoms with Crippen molar-refractivity contribution in [3.63, 3.8) is 0 Å². The molecule has 0 bridgehead atoms. The average Bonchev–Trinajstić information content (AvgIpc) is 2.89. The van der Waals surface area contributed by atoms with Gasteiger partial charge in [-0.1, -0.05) is 142 Å². The Morgan fingerprint density at radius 3 is 0.946 bits per heavy atom. The van der Waals surface area contributed by atoms with Crippen molar-refractivity contribution in [2.24, 2.45) is 0 Å². The number of carbonyl (C=O) groups excluding carboxylic acids is 2. The van der Waals surface area contributed by atoms with Crippen LogP contribution in [0.3, 0.4) is 0 Å². The van der Waals surface area contributed by atoms with Gasteiger partial charge in [0.1, 0.15) is 13.2 Å². The molecule has 0 atom stereocenters. The zero-order valence-electron chi connectivity index (χ0n) is 24.8. The molecule has 0 aliphatic rings. The number of hydrogen-bond donors (Lipinski definition) is 0. The van der Waals surface area contributed by atoms with E-state index < -0.39 is 0 Å². The minimum Gasteiger partial charge on any atom is -0.463 e. The fourth-order valence-corrected chi connectivity index (χ4v) is 4.54. The highest BCUT2D eigenvalue weighted by molar-refractivity contribution is 5.69. The third-order valence-electron chi connectivity index (χ3n) is 6.95. The zero-order valence-corrected chi connectivity index (χ0v) is 24.8. The Morgan fingerprint density at radius 2 is 0.649 bits per heavy atom. The summed E-state index contributed by atoms with van der Waals surface area (Å²) in [5.41, 5.74) is 0. The molecule has 0 amide bonds. The smallest absolute Gasteiger partial charge is 0.305 e. The van der Waals surface area contributed by atoms with Gasteiger partial charge in [-0.3, -0.25) is 9.59 Å². The van der Waals surface area contributed by atoms with Crippen molar-refractivity contribution in [3.05, 3.63) is 0 Å². The molecule has 5 heteroatoms. The lowest BCUT2D eigenvalue weighted by atomic mass is 10.0. The highest BCUT2D eigenvalue weighted by Gasteiger charge is 2.04. The van der Waals surface area contributed by atoms with Crippen LogP contribution in [0.2, 0.25) is 0 Å². The van der Waals surface area contributed by atoms with Crippen LogP contribution in [0.5, 0.6) is 0 Å². The molecule has 0 aliphatic heterocycles. The van der Waals surface area contributed by atoms with E-state index in [4.69, 9.17) is 14.2 Å². The summed E-state index contributed by atoms with van der Waals surface area (Å²) in [6, 6.07) is 0. The summed E-state index contributed by atoms with van der Waals surface area (Å²) in [7, 11) is 0. The zero-order chi connectivity index (χ0) is 27.1. The molecule has 0 radical (unpaired) electrons. The van der Waals surface area contributed by atoms with E-state index in [1.165, 1.54) is 116 Å². The fourth-order valence-electron chi connectivity index (χ4n) is 4.54. The third kappa shape index (κ3) is 31.0. The van der Waals surface area contributed by atoms with Crippen LogP contribution in [-0.2, 0) is 23.8 Å². The first kappa shape index (κ1) is 35.9. The Hall–Kier alpha value is -1.10. The quantitative estimate of drug-likeness (QED) is 0.0689. The number of ether oxygens (including phenoxy) is 3. The van der Waals surface area contributed by atoms with Crippen LogP contribution in [0.25, 0.3) is 0 Å². The summed E-state index contributed by atoms with van der Waals surface area (Å²) in [6.07, 6.45) is 29.1. The molecule has 5 nitrogen and oxygen atoms in total. The Morgan fingerprint density at radius 1 is 0.378 bits per heavy atom. The van der Waals surface area contributed by atoms with Gasteiger partial charge in [0.25, 0.3) is 0 Å². The highest BCUT2D eigenvalue weighted by atomic mass is 16.6. The molecular formula is C32H62O5. The van der Waals surface area contributed by atoms with Crippen molar-refractivity contribution in [3.8, 4) is 0 Å². The molecule has 0 rings (SSSR count). The Labute approximate surface area is 230 Å². The van der Waals surface area contributed by atoms with Crippen molar-refractivity contribution in [2.75, 3.05) is 26.4 Å². The molecule has 37 heavy (non-hydrogen) atoms. The lowest BCUT2D eigenvalue weighted by Gasteiger charge is -2.07. The molecule has 220 valence electrons. The molecule has 0 fully saturated rings. The summed E-state index contributed by atoms with van der Waals surface area (Å²) in [5, 5.41) is 0. The lowest BCUT2D eigenvalue weighted by molar-refractivity contribution is -0.146. The normalized spacial score (nSPS) is 11.1. The van der Waals surface area contributed by atoms with Gasteiger partial charge in [0, 0.05) is 12.8 Å². The predicted molar refractivity (Wildman–Crippen MR) is 155 cm³/mol. The predicted octanol–water partition coefficient (Wildman–Crippen LogP) is 9.49. The molecule has 0 unspecified atom stereocenters. The summed E-state index contributed by atoms with van der Waals surface area (Å²) in [4.78, 5) is 23.5. The third-order valence-corrected chi connectivity index (χ3v) is 6.95. The van der Waals surface area contributed by atoms with Crippen LogP contribution in [0.15, 0.2) is 0 Å². The average molecular weight is 527 g/mol. The van der Waals surface area contributed by atoms with E-state index in [9.17, 15) is 9.59 Å². The molecule has 0 aromatic rings. The van der Waals surface area contributed by atoms with Gasteiger partial charge in [0.05, 0.1) is 13.2 Å². The summed E-state index contributed by atoms with van der Waals surface area (Å²) < 4.78 is 15.8. The van der Waals surface area contributed by atoms with Crippen molar-refractivity contribution in [2.45, 2.75) is 168 Å². The summed E-state index contributed by atoms with van der Waals surface area (Å²) in [5.74, 6) is -0.286. The standard InChI is InChI=1S/C32H62O5/c1-3-5-7-9-11-12-13-14-15-16-17-18-20-22-24-26-32(34)37-30-28-35-27-29-36-31(33)25-23-21-19-10-8-6-4-2/h3-30H2,1-2H3. The number of esters is 2. The first-order valence-corrected chi connectivity index (χ1v) is 16.1. The van der Waals surface area contributed by atoms with Crippen LogP contribution >= 0.6 is 0 Å². The van der Waals surface area contributed by atoms with Crippen LogP contribution < -0.4 is 0 Å². The fraction of sp³-hybridized carbons (Fsp3) is 0.938. The maximum atomic E-state index is 11.8. The van der Waals surface area contributed by atoms with E-state index in [1.54, 1.807) is 0 Å². The monoisotopic (exact) mass is 526 g/mol. The molecule has 0 heterocycles.